The number of nitrogens with one attached hydrogen (secondary N) is 1. The zero-order chi connectivity index (χ0) is 14.8. The van der Waals surface area contributed by atoms with Crippen molar-refractivity contribution < 1.29 is 0 Å². The first kappa shape index (κ1) is 14.6. The molecule has 0 saturated carbocycles. The van der Waals surface area contributed by atoms with Crippen molar-refractivity contribution in [3.8, 4) is 6.07 Å². The molecule has 0 amide bonds. The van der Waals surface area contributed by atoms with Crippen LogP contribution in [0.15, 0.2) is 24.3 Å². The van der Waals surface area contributed by atoms with Gasteiger partial charge in [-0.1, -0.05) is 19.1 Å². The molecule has 21 heavy (non-hydrogen) atoms. The number of piperidine rings is 1. The fraction of sp³-hybridized carbons (Fsp3) is 0.611. The normalized spacial score (nSPS) is 29.3. The summed E-state index contributed by atoms with van der Waals surface area (Å²) >= 11 is 0. The summed E-state index contributed by atoms with van der Waals surface area (Å²) in [6, 6.07) is 12.9. The maximum absolute atomic E-state index is 8.92. The van der Waals surface area contributed by atoms with E-state index in [2.05, 4.69) is 42.3 Å². The van der Waals surface area contributed by atoms with Gasteiger partial charge in [-0.05, 0) is 56.8 Å². The van der Waals surface area contributed by atoms with Crippen LogP contribution in [0.2, 0.25) is 0 Å². The molecule has 2 heterocycles. The van der Waals surface area contributed by atoms with Crippen LogP contribution in [0.25, 0.3) is 0 Å². The Morgan fingerprint density at radius 1 is 1.24 bits per heavy atom. The van der Waals surface area contributed by atoms with Gasteiger partial charge in [-0.15, -0.1) is 0 Å². The van der Waals surface area contributed by atoms with Crippen LogP contribution in [0.3, 0.4) is 0 Å². The monoisotopic (exact) mass is 283 g/mol. The van der Waals surface area contributed by atoms with Gasteiger partial charge < -0.3 is 5.32 Å². The van der Waals surface area contributed by atoms with E-state index < -0.39 is 0 Å². The van der Waals surface area contributed by atoms with E-state index in [0.717, 1.165) is 24.2 Å². The summed E-state index contributed by atoms with van der Waals surface area (Å²) in [5.74, 6) is 0. The van der Waals surface area contributed by atoms with Gasteiger partial charge in [0, 0.05) is 24.2 Å². The molecule has 2 bridgehead atoms. The molecule has 3 heteroatoms. The second-order valence-corrected chi connectivity index (χ2v) is 6.50. The third-order valence-electron chi connectivity index (χ3n) is 5.30. The van der Waals surface area contributed by atoms with E-state index in [-0.39, 0.29) is 0 Å². The van der Waals surface area contributed by atoms with E-state index in [0.29, 0.717) is 12.1 Å². The van der Waals surface area contributed by atoms with E-state index in [1.165, 1.54) is 31.2 Å². The van der Waals surface area contributed by atoms with Gasteiger partial charge in [-0.25, -0.2) is 0 Å². The van der Waals surface area contributed by atoms with Crippen LogP contribution in [0.1, 0.15) is 56.7 Å². The molecule has 3 unspecified atom stereocenters. The molecule has 0 radical (unpaired) electrons. The van der Waals surface area contributed by atoms with Crippen molar-refractivity contribution in [3.63, 3.8) is 0 Å². The molecule has 0 aromatic heterocycles. The summed E-state index contributed by atoms with van der Waals surface area (Å²) in [5.41, 5.74) is 2.07. The molecule has 1 aromatic rings. The van der Waals surface area contributed by atoms with Crippen LogP contribution in [-0.4, -0.2) is 29.6 Å². The lowest BCUT2D eigenvalue weighted by atomic mass is 9.95. The standard InChI is InChI=1S/C18H25N3/c1-3-21(18-10-16-8-9-17(11-18)20-16)13(2)15-6-4-14(12-19)5-7-15/h4-7,13,16-18,20H,3,8-11H2,1-2H3. The predicted octanol–water partition coefficient (Wildman–Crippen LogP) is 3.22. The van der Waals surface area contributed by atoms with E-state index >= 15 is 0 Å². The number of hydrogen-bond donors (Lipinski definition) is 1. The zero-order valence-electron chi connectivity index (χ0n) is 13.0. The first-order valence-corrected chi connectivity index (χ1v) is 8.23. The van der Waals surface area contributed by atoms with Gasteiger partial charge in [0.2, 0.25) is 0 Å². The van der Waals surface area contributed by atoms with Crippen molar-refractivity contribution in [1.29, 1.82) is 5.26 Å². The first-order chi connectivity index (χ1) is 10.2. The number of hydrogen-bond acceptors (Lipinski definition) is 3. The lowest BCUT2D eigenvalue weighted by molar-refractivity contribution is 0.108. The average Bonchev–Trinajstić information content (AvgIpc) is 2.86. The molecule has 0 spiro atoms. The lowest BCUT2D eigenvalue weighted by Gasteiger charge is -2.40. The minimum absolute atomic E-state index is 0.422. The van der Waals surface area contributed by atoms with Crippen molar-refractivity contribution in [2.75, 3.05) is 6.54 Å². The summed E-state index contributed by atoms with van der Waals surface area (Å²) < 4.78 is 0. The Hall–Kier alpha value is -1.37. The lowest BCUT2D eigenvalue weighted by Crippen LogP contribution is -2.48. The van der Waals surface area contributed by atoms with Crippen LogP contribution in [-0.2, 0) is 0 Å². The van der Waals surface area contributed by atoms with Gasteiger partial charge in [0.1, 0.15) is 0 Å². The Balaban J connectivity index is 1.74. The van der Waals surface area contributed by atoms with Crippen molar-refractivity contribution in [1.82, 2.24) is 10.2 Å². The number of rotatable bonds is 4. The number of nitrogens with zero attached hydrogens (tertiary/aromatic N) is 2. The van der Waals surface area contributed by atoms with E-state index in [1.807, 2.05) is 12.1 Å². The Morgan fingerprint density at radius 3 is 2.38 bits per heavy atom. The second-order valence-electron chi connectivity index (χ2n) is 6.50. The predicted molar refractivity (Wildman–Crippen MR) is 84.9 cm³/mol. The van der Waals surface area contributed by atoms with Crippen LogP contribution in [0.4, 0.5) is 0 Å². The van der Waals surface area contributed by atoms with Gasteiger partial charge in [0.25, 0.3) is 0 Å². The summed E-state index contributed by atoms with van der Waals surface area (Å²) in [5, 5.41) is 12.7. The molecular formula is C18H25N3. The highest BCUT2D eigenvalue weighted by Crippen LogP contribution is 2.33. The third kappa shape index (κ3) is 2.97. The molecule has 1 N–H and O–H groups in total. The smallest absolute Gasteiger partial charge is 0.0991 e. The minimum Gasteiger partial charge on any atom is -0.311 e. The zero-order valence-corrected chi connectivity index (χ0v) is 13.0. The molecule has 1 aromatic carbocycles. The average molecular weight is 283 g/mol. The molecule has 2 aliphatic heterocycles. The Morgan fingerprint density at radius 2 is 1.86 bits per heavy atom. The summed E-state index contributed by atoms with van der Waals surface area (Å²) in [7, 11) is 0. The van der Waals surface area contributed by atoms with Crippen molar-refractivity contribution in [2.45, 2.75) is 63.7 Å². The second kappa shape index (κ2) is 6.17. The van der Waals surface area contributed by atoms with Gasteiger partial charge in [0.05, 0.1) is 11.6 Å². The number of fused-ring (bicyclic) bond motifs is 2. The Kier molecular flexibility index (Phi) is 4.28. The first-order valence-electron chi connectivity index (χ1n) is 8.23. The molecule has 112 valence electrons. The van der Waals surface area contributed by atoms with Gasteiger partial charge >= 0.3 is 0 Å². The molecule has 3 rings (SSSR count). The highest BCUT2D eigenvalue weighted by atomic mass is 15.2. The van der Waals surface area contributed by atoms with Crippen LogP contribution in [0.5, 0.6) is 0 Å². The molecule has 2 fully saturated rings. The Labute approximate surface area is 128 Å². The third-order valence-corrected chi connectivity index (χ3v) is 5.30. The maximum atomic E-state index is 8.92. The number of benzene rings is 1. The fourth-order valence-corrected chi connectivity index (χ4v) is 4.17. The van der Waals surface area contributed by atoms with Gasteiger partial charge in [-0.2, -0.15) is 5.26 Å². The maximum Gasteiger partial charge on any atom is 0.0991 e. The molecule has 2 aliphatic rings. The van der Waals surface area contributed by atoms with E-state index in [9.17, 15) is 0 Å². The van der Waals surface area contributed by atoms with Gasteiger partial charge in [-0.3, -0.25) is 4.90 Å². The number of nitriles is 1. The Bertz CT molecular complexity index is 504. The molecular weight excluding hydrogens is 258 g/mol. The molecule has 3 atom stereocenters. The summed E-state index contributed by atoms with van der Waals surface area (Å²) in [4.78, 5) is 2.65. The summed E-state index contributed by atoms with van der Waals surface area (Å²) in [6.07, 6.45) is 5.27. The quantitative estimate of drug-likeness (QED) is 0.922. The minimum atomic E-state index is 0.422. The highest BCUT2D eigenvalue weighted by Gasteiger charge is 2.36. The SMILES string of the molecule is CCN(C1CC2CCC(C1)N2)C(C)c1ccc(C#N)cc1. The van der Waals surface area contributed by atoms with Crippen LogP contribution >= 0.6 is 0 Å². The van der Waals surface area contributed by atoms with Crippen molar-refractivity contribution in [2.24, 2.45) is 0 Å². The largest absolute Gasteiger partial charge is 0.311 e. The molecule has 3 nitrogen and oxygen atoms in total. The van der Waals surface area contributed by atoms with Crippen molar-refractivity contribution in [3.05, 3.63) is 35.4 Å². The highest BCUT2D eigenvalue weighted by molar-refractivity contribution is 5.32. The summed E-state index contributed by atoms with van der Waals surface area (Å²) in [6.45, 7) is 5.66. The van der Waals surface area contributed by atoms with Crippen LogP contribution < -0.4 is 5.32 Å². The molecule has 2 saturated heterocycles. The van der Waals surface area contributed by atoms with E-state index in [4.69, 9.17) is 5.26 Å². The topological polar surface area (TPSA) is 39.1 Å². The van der Waals surface area contributed by atoms with E-state index in [1.54, 1.807) is 0 Å². The van der Waals surface area contributed by atoms with Gasteiger partial charge in [0.15, 0.2) is 0 Å². The fourth-order valence-electron chi connectivity index (χ4n) is 4.17. The van der Waals surface area contributed by atoms with Crippen LogP contribution in [0, 0.1) is 11.3 Å². The van der Waals surface area contributed by atoms with Crippen molar-refractivity contribution >= 4 is 0 Å². The molecule has 0 aliphatic carbocycles.